The van der Waals surface area contributed by atoms with Crippen molar-refractivity contribution in [1.82, 2.24) is 5.32 Å². The van der Waals surface area contributed by atoms with Crippen molar-refractivity contribution >= 4 is 11.8 Å². The molecule has 0 heterocycles. The monoisotopic (exact) mass is 304 g/mol. The zero-order chi connectivity index (χ0) is 16.0. The topological polar surface area (TPSA) is 50.4 Å². The Bertz CT molecular complexity index is 468. The van der Waals surface area contributed by atoms with E-state index < -0.39 is 5.60 Å². The lowest BCUT2D eigenvalue weighted by Crippen LogP contribution is -2.42. The van der Waals surface area contributed by atoms with Gasteiger partial charge in [-0.25, -0.2) is 4.79 Å². The number of hydrogen-bond donors (Lipinski definition) is 2. The summed E-state index contributed by atoms with van der Waals surface area (Å²) >= 11 is 0. The molecule has 4 heteroatoms. The highest BCUT2D eigenvalue weighted by atomic mass is 16.6. The largest absolute Gasteiger partial charge is 0.444 e. The molecule has 0 aliphatic heterocycles. The van der Waals surface area contributed by atoms with Gasteiger partial charge in [-0.15, -0.1) is 0 Å². The molecule has 4 nitrogen and oxygen atoms in total. The minimum absolute atomic E-state index is 0.323. The Morgan fingerprint density at radius 2 is 1.86 bits per heavy atom. The second kappa shape index (κ2) is 7.52. The van der Waals surface area contributed by atoms with Gasteiger partial charge in [0.25, 0.3) is 0 Å². The zero-order valence-electron chi connectivity index (χ0n) is 13.9. The Labute approximate surface area is 133 Å². The number of hydrogen-bond acceptors (Lipinski definition) is 3. The van der Waals surface area contributed by atoms with Gasteiger partial charge in [0.2, 0.25) is 0 Å². The SMILES string of the molecule is CC(C)(C)OC(=O)NCC1CCCCC1Nc1ccccc1. The van der Waals surface area contributed by atoms with Gasteiger partial charge in [-0.2, -0.15) is 0 Å². The molecule has 0 bridgehead atoms. The molecule has 1 amide bonds. The van der Waals surface area contributed by atoms with Crippen molar-refractivity contribution in [2.45, 2.75) is 58.1 Å². The number of carbonyl (C=O) groups is 1. The molecule has 1 aliphatic rings. The summed E-state index contributed by atoms with van der Waals surface area (Å²) in [6.07, 6.45) is 4.44. The molecule has 0 aromatic heterocycles. The number of amides is 1. The third kappa shape index (κ3) is 5.58. The summed E-state index contributed by atoms with van der Waals surface area (Å²) in [7, 11) is 0. The molecular weight excluding hydrogens is 276 g/mol. The van der Waals surface area contributed by atoms with Crippen molar-refractivity contribution in [3.05, 3.63) is 30.3 Å². The maximum Gasteiger partial charge on any atom is 0.407 e. The minimum atomic E-state index is -0.446. The standard InChI is InChI=1S/C18H28N2O2/c1-18(2,3)22-17(21)19-13-14-9-7-8-12-16(14)20-15-10-5-4-6-11-15/h4-6,10-11,14,16,20H,7-9,12-13H2,1-3H3,(H,19,21). The first-order valence-corrected chi connectivity index (χ1v) is 8.22. The predicted octanol–water partition coefficient (Wildman–Crippen LogP) is 4.18. The van der Waals surface area contributed by atoms with Gasteiger partial charge in [-0.05, 0) is 51.7 Å². The lowest BCUT2D eigenvalue weighted by molar-refractivity contribution is 0.0514. The number of carbonyl (C=O) groups excluding carboxylic acids is 1. The normalized spacial score (nSPS) is 22.0. The van der Waals surface area contributed by atoms with E-state index in [0.717, 1.165) is 18.5 Å². The van der Waals surface area contributed by atoms with Gasteiger partial charge in [0, 0.05) is 18.3 Å². The molecule has 2 atom stereocenters. The van der Waals surface area contributed by atoms with Crippen LogP contribution < -0.4 is 10.6 Å². The van der Waals surface area contributed by atoms with Crippen LogP contribution in [-0.4, -0.2) is 24.3 Å². The van der Waals surface area contributed by atoms with E-state index in [2.05, 4.69) is 22.8 Å². The number of rotatable bonds is 4. The first kappa shape index (κ1) is 16.7. The van der Waals surface area contributed by atoms with E-state index in [1.54, 1.807) is 0 Å². The highest BCUT2D eigenvalue weighted by Gasteiger charge is 2.26. The predicted molar refractivity (Wildman–Crippen MR) is 90.0 cm³/mol. The van der Waals surface area contributed by atoms with E-state index in [9.17, 15) is 4.79 Å². The minimum Gasteiger partial charge on any atom is -0.444 e. The van der Waals surface area contributed by atoms with Crippen LogP contribution in [0, 0.1) is 5.92 Å². The van der Waals surface area contributed by atoms with Gasteiger partial charge in [-0.1, -0.05) is 31.0 Å². The summed E-state index contributed by atoms with van der Waals surface area (Å²) in [6.45, 7) is 6.31. The molecular formula is C18H28N2O2. The van der Waals surface area contributed by atoms with Crippen LogP contribution in [0.2, 0.25) is 0 Å². The first-order valence-electron chi connectivity index (χ1n) is 8.22. The van der Waals surface area contributed by atoms with Crippen molar-refractivity contribution in [1.29, 1.82) is 0 Å². The van der Waals surface area contributed by atoms with Crippen LogP contribution >= 0.6 is 0 Å². The van der Waals surface area contributed by atoms with Crippen LogP contribution in [0.5, 0.6) is 0 Å². The highest BCUT2D eigenvalue weighted by molar-refractivity contribution is 5.67. The second-order valence-electron chi connectivity index (χ2n) is 7.04. The lowest BCUT2D eigenvalue weighted by atomic mass is 9.84. The second-order valence-corrected chi connectivity index (χ2v) is 7.04. The Morgan fingerprint density at radius 1 is 1.18 bits per heavy atom. The number of nitrogens with one attached hydrogen (secondary N) is 2. The van der Waals surface area contributed by atoms with Gasteiger partial charge >= 0.3 is 6.09 Å². The molecule has 2 rings (SSSR count). The number of anilines is 1. The van der Waals surface area contributed by atoms with Crippen LogP contribution in [0.4, 0.5) is 10.5 Å². The molecule has 1 aromatic carbocycles. The summed E-state index contributed by atoms with van der Waals surface area (Å²) in [5.41, 5.74) is 0.704. The summed E-state index contributed by atoms with van der Waals surface area (Å²) in [5.74, 6) is 0.446. The molecule has 2 unspecified atom stereocenters. The number of benzene rings is 1. The quantitative estimate of drug-likeness (QED) is 0.877. The molecule has 1 aromatic rings. The fourth-order valence-corrected chi connectivity index (χ4v) is 2.92. The van der Waals surface area contributed by atoms with E-state index in [4.69, 9.17) is 4.74 Å². The summed E-state index contributed by atoms with van der Waals surface area (Å²) < 4.78 is 5.31. The van der Waals surface area contributed by atoms with Crippen molar-refractivity contribution in [3.63, 3.8) is 0 Å². The summed E-state index contributed by atoms with van der Waals surface area (Å²) in [4.78, 5) is 11.8. The van der Waals surface area contributed by atoms with Gasteiger partial charge in [0.1, 0.15) is 5.60 Å². The molecule has 1 saturated carbocycles. The highest BCUT2D eigenvalue weighted by Crippen LogP contribution is 2.27. The average Bonchev–Trinajstić information content (AvgIpc) is 2.46. The van der Waals surface area contributed by atoms with Crippen LogP contribution in [0.3, 0.4) is 0 Å². The average molecular weight is 304 g/mol. The maximum absolute atomic E-state index is 11.8. The van der Waals surface area contributed by atoms with Gasteiger partial charge in [0.05, 0.1) is 0 Å². The smallest absolute Gasteiger partial charge is 0.407 e. The van der Waals surface area contributed by atoms with Crippen molar-refractivity contribution in [2.75, 3.05) is 11.9 Å². The van der Waals surface area contributed by atoms with Crippen molar-refractivity contribution in [3.8, 4) is 0 Å². The van der Waals surface area contributed by atoms with Gasteiger partial charge in [0.15, 0.2) is 0 Å². The van der Waals surface area contributed by atoms with Crippen LogP contribution in [0.15, 0.2) is 30.3 Å². The Morgan fingerprint density at radius 3 is 2.55 bits per heavy atom. The van der Waals surface area contributed by atoms with E-state index in [1.165, 1.54) is 12.8 Å². The van der Waals surface area contributed by atoms with E-state index in [-0.39, 0.29) is 6.09 Å². The zero-order valence-corrected chi connectivity index (χ0v) is 13.9. The van der Waals surface area contributed by atoms with Crippen molar-refractivity contribution in [2.24, 2.45) is 5.92 Å². The molecule has 2 N–H and O–H groups in total. The molecule has 1 aliphatic carbocycles. The lowest BCUT2D eigenvalue weighted by Gasteiger charge is -2.33. The molecule has 0 radical (unpaired) electrons. The Hall–Kier alpha value is -1.71. The van der Waals surface area contributed by atoms with E-state index in [0.29, 0.717) is 18.5 Å². The first-order chi connectivity index (χ1) is 10.4. The fraction of sp³-hybridized carbons (Fsp3) is 0.611. The van der Waals surface area contributed by atoms with Crippen LogP contribution in [0.1, 0.15) is 46.5 Å². The fourth-order valence-electron chi connectivity index (χ4n) is 2.92. The van der Waals surface area contributed by atoms with Crippen molar-refractivity contribution < 1.29 is 9.53 Å². The number of ether oxygens (including phenoxy) is 1. The van der Waals surface area contributed by atoms with E-state index in [1.807, 2.05) is 39.0 Å². The molecule has 22 heavy (non-hydrogen) atoms. The van der Waals surface area contributed by atoms with Crippen LogP contribution in [-0.2, 0) is 4.74 Å². The number of para-hydroxylation sites is 1. The summed E-state index contributed by atoms with van der Waals surface area (Å²) in [5, 5.41) is 6.53. The van der Waals surface area contributed by atoms with Gasteiger partial charge < -0.3 is 15.4 Å². The number of alkyl carbamates (subject to hydrolysis) is 1. The Kier molecular flexibility index (Phi) is 5.69. The molecule has 0 spiro atoms. The maximum atomic E-state index is 11.8. The summed E-state index contributed by atoms with van der Waals surface area (Å²) in [6, 6.07) is 10.7. The molecule has 122 valence electrons. The van der Waals surface area contributed by atoms with E-state index >= 15 is 0 Å². The molecule has 0 saturated heterocycles. The third-order valence-corrected chi connectivity index (χ3v) is 3.94. The van der Waals surface area contributed by atoms with Crippen LogP contribution in [0.25, 0.3) is 0 Å². The molecule has 1 fully saturated rings. The Balaban J connectivity index is 1.86. The third-order valence-electron chi connectivity index (χ3n) is 3.94. The van der Waals surface area contributed by atoms with Gasteiger partial charge in [-0.3, -0.25) is 0 Å².